The monoisotopic (exact) mass is 336 g/mol. The number of nitrogens with zero attached hydrogens (tertiary/aromatic N) is 1. The number of fused-ring (bicyclic) bond motifs is 3. The molecule has 1 aliphatic rings. The van der Waals surface area contributed by atoms with E-state index in [0.29, 0.717) is 5.56 Å². The number of para-hydroxylation sites is 1. The van der Waals surface area contributed by atoms with Crippen LogP contribution in [0.2, 0.25) is 0 Å². The quantitative estimate of drug-likeness (QED) is 0.500. The largest absolute Gasteiger partial charge is 0.339 e. The Bertz CT molecular complexity index is 928. The maximum atomic E-state index is 11.5. The summed E-state index contributed by atoms with van der Waals surface area (Å²) in [6.45, 7) is 3.01. The molecule has 5 heteroatoms. The molecule has 1 aromatic heterocycles. The molecule has 128 valence electrons. The smallest absolute Gasteiger partial charge is 0.274 e. The van der Waals surface area contributed by atoms with Crippen molar-refractivity contribution in [3.8, 4) is 0 Å². The molecule has 1 aliphatic heterocycles. The van der Waals surface area contributed by atoms with Gasteiger partial charge in [-0.1, -0.05) is 30.3 Å². The van der Waals surface area contributed by atoms with Crippen molar-refractivity contribution in [2.75, 3.05) is 13.6 Å². The minimum atomic E-state index is -0.485. The van der Waals surface area contributed by atoms with E-state index in [1.807, 2.05) is 12.1 Å². The number of likely N-dealkylation sites (N-methyl/N-ethyl adjacent to an activating group) is 1. The Balaban J connectivity index is 1.73. The molecule has 0 fully saturated rings. The van der Waals surface area contributed by atoms with E-state index in [-0.39, 0.29) is 0 Å². The Morgan fingerprint density at radius 3 is 2.72 bits per heavy atom. The summed E-state index contributed by atoms with van der Waals surface area (Å²) in [5.41, 5.74) is 7.45. The number of nitrogens with one attached hydrogen (secondary N) is 2. The average molecular weight is 336 g/mol. The van der Waals surface area contributed by atoms with Crippen LogP contribution in [0.15, 0.2) is 48.5 Å². The lowest BCUT2D eigenvalue weighted by atomic mass is 10.1. The van der Waals surface area contributed by atoms with E-state index < -0.39 is 5.91 Å². The van der Waals surface area contributed by atoms with E-state index in [9.17, 15) is 4.79 Å². The Kier molecular flexibility index (Phi) is 4.03. The van der Waals surface area contributed by atoms with Gasteiger partial charge < -0.3 is 9.47 Å². The summed E-state index contributed by atoms with van der Waals surface area (Å²) in [6.07, 6.45) is 1.08. The van der Waals surface area contributed by atoms with Crippen molar-refractivity contribution < 1.29 is 14.9 Å². The van der Waals surface area contributed by atoms with E-state index in [2.05, 4.69) is 35.9 Å². The third-order valence-electron chi connectivity index (χ3n) is 5.12. The maximum absolute atomic E-state index is 11.5. The third kappa shape index (κ3) is 2.81. The van der Waals surface area contributed by atoms with E-state index in [0.717, 1.165) is 31.6 Å². The first-order valence-corrected chi connectivity index (χ1v) is 8.61. The van der Waals surface area contributed by atoms with Gasteiger partial charge in [0, 0.05) is 40.7 Å². The molecular weight excluding hydrogens is 314 g/mol. The van der Waals surface area contributed by atoms with Gasteiger partial charge in [-0.05, 0) is 23.8 Å². The van der Waals surface area contributed by atoms with Crippen molar-refractivity contribution >= 4 is 16.8 Å². The lowest BCUT2D eigenvalue weighted by molar-refractivity contribution is -0.895. The molecule has 3 aromatic rings. The summed E-state index contributed by atoms with van der Waals surface area (Å²) < 4.78 is 2.41. The topological polar surface area (TPSA) is 58.7 Å². The van der Waals surface area contributed by atoms with E-state index in [1.165, 1.54) is 22.2 Å². The van der Waals surface area contributed by atoms with Gasteiger partial charge in [0.05, 0.1) is 13.6 Å². The van der Waals surface area contributed by atoms with Crippen molar-refractivity contribution in [3.05, 3.63) is 70.9 Å². The maximum Gasteiger partial charge on any atom is 0.274 e. The van der Waals surface area contributed by atoms with Crippen LogP contribution in [-0.4, -0.2) is 29.3 Å². The van der Waals surface area contributed by atoms with Gasteiger partial charge in [0.1, 0.15) is 6.54 Å². The average Bonchev–Trinajstić information content (AvgIpc) is 2.95. The molecule has 1 unspecified atom stereocenters. The summed E-state index contributed by atoms with van der Waals surface area (Å²) in [6, 6.07) is 16.0. The lowest BCUT2D eigenvalue weighted by Gasteiger charge is -2.22. The molecule has 0 radical (unpaired) electrons. The molecule has 0 saturated heterocycles. The Morgan fingerprint density at radius 2 is 1.96 bits per heavy atom. The molecule has 5 nitrogen and oxygen atoms in total. The second-order valence-electron chi connectivity index (χ2n) is 6.80. The Morgan fingerprint density at radius 1 is 1.20 bits per heavy atom. The van der Waals surface area contributed by atoms with Crippen molar-refractivity contribution in [1.82, 2.24) is 10.0 Å². The summed E-state index contributed by atoms with van der Waals surface area (Å²) in [7, 11) is 2.25. The molecule has 0 aliphatic carbocycles. The van der Waals surface area contributed by atoms with Gasteiger partial charge in [0.15, 0.2) is 0 Å². The first-order chi connectivity index (χ1) is 12.2. The zero-order valence-corrected chi connectivity index (χ0v) is 14.2. The summed E-state index contributed by atoms with van der Waals surface area (Å²) in [5.74, 6) is -0.485. The zero-order chi connectivity index (χ0) is 17.4. The van der Waals surface area contributed by atoms with E-state index >= 15 is 0 Å². The van der Waals surface area contributed by atoms with Gasteiger partial charge in [0.25, 0.3) is 5.91 Å². The van der Waals surface area contributed by atoms with Crippen molar-refractivity contribution in [2.24, 2.45) is 0 Å². The second-order valence-corrected chi connectivity index (χ2v) is 6.80. The summed E-state index contributed by atoms with van der Waals surface area (Å²) in [5, 5.41) is 10.1. The number of benzene rings is 2. The standard InChI is InChI=1S/C20H21N3O2/c1-22-11-10-19-17(13-22)16-4-2-3-5-18(16)23(19)12-14-6-8-15(9-7-14)20(24)21-25/h2-9,25H,10-13H2,1H3,(H,21,24)/p+1. The number of hydrogen-bond donors (Lipinski definition) is 3. The molecule has 2 aromatic carbocycles. The predicted molar refractivity (Wildman–Crippen MR) is 95.9 cm³/mol. The number of aromatic nitrogens is 1. The van der Waals surface area contributed by atoms with Crippen LogP contribution < -0.4 is 10.4 Å². The third-order valence-corrected chi connectivity index (χ3v) is 5.12. The molecular formula is C20H22N3O2+. The Labute approximate surface area is 146 Å². The highest BCUT2D eigenvalue weighted by atomic mass is 16.5. The van der Waals surface area contributed by atoms with Gasteiger partial charge >= 0.3 is 0 Å². The predicted octanol–water partition coefficient (Wildman–Crippen LogP) is 1.38. The minimum Gasteiger partial charge on any atom is -0.339 e. The lowest BCUT2D eigenvalue weighted by Crippen LogP contribution is -3.08. The highest BCUT2D eigenvalue weighted by molar-refractivity contribution is 5.93. The first-order valence-electron chi connectivity index (χ1n) is 8.61. The summed E-state index contributed by atoms with van der Waals surface area (Å²) in [4.78, 5) is 13.0. The van der Waals surface area contributed by atoms with Crippen LogP contribution in [0.4, 0.5) is 0 Å². The van der Waals surface area contributed by atoms with Gasteiger partial charge in [-0.3, -0.25) is 10.0 Å². The van der Waals surface area contributed by atoms with Crippen LogP contribution >= 0.6 is 0 Å². The normalized spacial score (nSPS) is 16.6. The molecule has 0 saturated carbocycles. The van der Waals surface area contributed by atoms with E-state index in [4.69, 9.17) is 5.21 Å². The van der Waals surface area contributed by atoms with Crippen LogP contribution in [0.5, 0.6) is 0 Å². The number of rotatable bonds is 3. The van der Waals surface area contributed by atoms with Gasteiger partial charge in [0.2, 0.25) is 0 Å². The summed E-state index contributed by atoms with van der Waals surface area (Å²) >= 11 is 0. The fourth-order valence-corrected chi connectivity index (χ4v) is 3.82. The fourth-order valence-electron chi connectivity index (χ4n) is 3.82. The van der Waals surface area contributed by atoms with E-state index in [1.54, 1.807) is 22.5 Å². The molecule has 25 heavy (non-hydrogen) atoms. The van der Waals surface area contributed by atoms with Crippen LogP contribution in [0.25, 0.3) is 10.9 Å². The number of carbonyl (C=O) groups is 1. The van der Waals surface area contributed by atoms with Crippen molar-refractivity contribution in [2.45, 2.75) is 19.5 Å². The molecule has 3 N–H and O–H groups in total. The number of carbonyl (C=O) groups excluding carboxylic acids is 1. The molecule has 4 rings (SSSR count). The van der Waals surface area contributed by atoms with Crippen molar-refractivity contribution in [3.63, 3.8) is 0 Å². The second kappa shape index (κ2) is 6.35. The molecule has 1 amide bonds. The number of quaternary nitrogens is 1. The zero-order valence-electron chi connectivity index (χ0n) is 14.2. The van der Waals surface area contributed by atoms with Gasteiger partial charge in [-0.15, -0.1) is 0 Å². The SMILES string of the molecule is C[NH+]1CCc2c(c3ccccc3n2Cc2ccc(C(=O)NO)cc2)C1. The van der Waals surface area contributed by atoms with Gasteiger partial charge in [-0.25, -0.2) is 5.48 Å². The van der Waals surface area contributed by atoms with Crippen LogP contribution in [0, 0.1) is 0 Å². The number of hydroxylamine groups is 1. The number of amides is 1. The van der Waals surface area contributed by atoms with Crippen LogP contribution in [-0.2, 0) is 19.5 Å². The molecule has 0 spiro atoms. The highest BCUT2D eigenvalue weighted by Gasteiger charge is 2.24. The fraction of sp³-hybridized carbons (Fsp3) is 0.250. The minimum absolute atomic E-state index is 0.455. The highest BCUT2D eigenvalue weighted by Crippen LogP contribution is 2.28. The van der Waals surface area contributed by atoms with Gasteiger partial charge in [-0.2, -0.15) is 0 Å². The van der Waals surface area contributed by atoms with Crippen LogP contribution in [0.1, 0.15) is 27.2 Å². The molecule has 2 heterocycles. The molecule has 0 bridgehead atoms. The van der Waals surface area contributed by atoms with Crippen LogP contribution in [0.3, 0.4) is 0 Å². The molecule has 1 atom stereocenters. The first kappa shape index (κ1) is 15.9. The Hall–Kier alpha value is -2.63. The van der Waals surface area contributed by atoms with Crippen molar-refractivity contribution in [1.29, 1.82) is 0 Å². The number of hydrogen-bond acceptors (Lipinski definition) is 2.